The van der Waals surface area contributed by atoms with Gasteiger partial charge in [-0.15, -0.1) is 0 Å². The number of piperidine rings is 1. The molecule has 0 N–H and O–H groups in total. The lowest BCUT2D eigenvalue weighted by molar-refractivity contribution is 0.123. The SMILES string of the molecule is CCCN(C)C1CCN(Cc2cnc(N3C4CCC3CN(C(C)C)C4)nc2)CC1. The minimum Gasteiger partial charge on any atom is -0.332 e. The van der Waals surface area contributed by atoms with Crippen LogP contribution in [-0.4, -0.2) is 88.6 Å². The largest absolute Gasteiger partial charge is 0.332 e. The maximum atomic E-state index is 4.81. The minimum absolute atomic E-state index is 0.584. The van der Waals surface area contributed by atoms with E-state index in [-0.39, 0.29) is 0 Å². The Morgan fingerprint density at radius 2 is 1.66 bits per heavy atom. The Morgan fingerprint density at radius 3 is 2.21 bits per heavy atom. The molecule has 0 aliphatic carbocycles. The third-order valence-electron chi connectivity index (χ3n) is 7.33. The highest BCUT2D eigenvalue weighted by Crippen LogP contribution is 2.33. The first kappa shape index (κ1) is 21.0. The molecule has 4 rings (SSSR count). The average Bonchev–Trinajstić information content (AvgIpc) is 2.98. The third-order valence-corrected chi connectivity index (χ3v) is 7.33. The van der Waals surface area contributed by atoms with Crippen molar-refractivity contribution in [2.24, 2.45) is 0 Å². The summed E-state index contributed by atoms with van der Waals surface area (Å²) in [4.78, 5) is 19.9. The zero-order valence-electron chi connectivity index (χ0n) is 18.9. The second kappa shape index (κ2) is 9.27. The Bertz CT molecular complexity index is 625. The summed E-state index contributed by atoms with van der Waals surface area (Å²) in [6.45, 7) is 13.8. The molecule has 3 aliphatic heterocycles. The molecule has 1 aromatic heterocycles. The zero-order valence-corrected chi connectivity index (χ0v) is 18.9. The fourth-order valence-electron chi connectivity index (χ4n) is 5.56. The summed E-state index contributed by atoms with van der Waals surface area (Å²) in [7, 11) is 2.28. The molecule has 1 aromatic rings. The molecule has 0 saturated carbocycles. The van der Waals surface area contributed by atoms with E-state index < -0.39 is 0 Å². The molecule has 0 aromatic carbocycles. The molecule has 2 atom stereocenters. The number of hydrogen-bond donors (Lipinski definition) is 0. The van der Waals surface area contributed by atoms with Crippen LogP contribution in [-0.2, 0) is 6.54 Å². The first-order valence-corrected chi connectivity index (χ1v) is 11.8. The van der Waals surface area contributed by atoms with E-state index in [1.54, 1.807) is 0 Å². The van der Waals surface area contributed by atoms with Gasteiger partial charge in [-0.1, -0.05) is 6.92 Å². The van der Waals surface area contributed by atoms with Gasteiger partial charge in [-0.3, -0.25) is 9.80 Å². The van der Waals surface area contributed by atoms with Crippen molar-refractivity contribution >= 4 is 5.95 Å². The molecule has 162 valence electrons. The van der Waals surface area contributed by atoms with Crippen molar-refractivity contribution in [1.82, 2.24) is 24.7 Å². The molecule has 6 heteroatoms. The Morgan fingerprint density at radius 1 is 1.03 bits per heavy atom. The summed E-state index contributed by atoms with van der Waals surface area (Å²) in [6, 6.07) is 2.56. The van der Waals surface area contributed by atoms with Gasteiger partial charge in [0.25, 0.3) is 0 Å². The molecule has 0 spiro atoms. The summed E-state index contributed by atoms with van der Waals surface area (Å²) in [5.74, 6) is 0.949. The highest BCUT2D eigenvalue weighted by molar-refractivity contribution is 5.37. The molecular formula is C23H40N6. The molecule has 3 fully saturated rings. The quantitative estimate of drug-likeness (QED) is 0.701. The van der Waals surface area contributed by atoms with Gasteiger partial charge in [0, 0.05) is 61.8 Å². The molecule has 2 bridgehead atoms. The number of anilines is 1. The van der Waals surface area contributed by atoms with Crippen molar-refractivity contribution < 1.29 is 0 Å². The smallest absolute Gasteiger partial charge is 0.225 e. The number of rotatable bonds is 7. The van der Waals surface area contributed by atoms with Crippen LogP contribution in [0, 0.1) is 0 Å². The maximum Gasteiger partial charge on any atom is 0.225 e. The molecule has 2 unspecified atom stereocenters. The summed E-state index contributed by atoms with van der Waals surface area (Å²) in [6.07, 6.45) is 10.5. The van der Waals surface area contributed by atoms with E-state index in [9.17, 15) is 0 Å². The Hall–Kier alpha value is -1.24. The molecule has 3 aliphatic rings. The molecule has 4 heterocycles. The number of likely N-dealkylation sites (tertiary alicyclic amines) is 2. The van der Waals surface area contributed by atoms with Crippen LogP contribution in [0.2, 0.25) is 0 Å². The number of piperazine rings is 1. The van der Waals surface area contributed by atoms with Crippen LogP contribution >= 0.6 is 0 Å². The fourth-order valence-corrected chi connectivity index (χ4v) is 5.56. The highest BCUT2D eigenvalue weighted by atomic mass is 15.4. The van der Waals surface area contributed by atoms with Crippen LogP contribution in [0.1, 0.15) is 58.4 Å². The Labute approximate surface area is 177 Å². The molecule has 3 saturated heterocycles. The highest BCUT2D eigenvalue weighted by Gasteiger charge is 2.41. The van der Waals surface area contributed by atoms with E-state index in [0.29, 0.717) is 18.1 Å². The van der Waals surface area contributed by atoms with Crippen LogP contribution in [0.25, 0.3) is 0 Å². The van der Waals surface area contributed by atoms with E-state index in [1.165, 1.54) is 57.3 Å². The first-order valence-electron chi connectivity index (χ1n) is 11.8. The number of aromatic nitrogens is 2. The van der Waals surface area contributed by atoms with Crippen LogP contribution in [0.3, 0.4) is 0 Å². The second-order valence-electron chi connectivity index (χ2n) is 9.72. The van der Waals surface area contributed by atoms with Gasteiger partial charge in [0.2, 0.25) is 5.95 Å². The summed E-state index contributed by atoms with van der Waals surface area (Å²) >= 11 is 0. The predicted octanol–water partition coefficient (Wildman–Crippen LogP) is 2.84. The lowest BCUT2D eigenvalue weighted by Gasteiger charge is -2.42. The minimum atomic E-state index is 0.584. The summed E-state index contributed by atoms with van der Waals surface area (Å²) in [5.41, 5.74) is 1.25. The standard InChI is InChI=1S/C23H40N6/c1-5-10-26(4)20-8-11-27(12-9-20)15-19-13-24-23(25-14-19)29-21-6-7-22(29)17-28(16-21)18(2)3/h13-14,18,20-22H,5-12,15-17H2,1-4H3. The number of fused-ring (bicyclic) bond motifs is 2. The molecule has 6 nitrogen and oxygen atoms in total. The van der Waals surface area contributed by atoms with E-state index in [4.69, 9.17) is 9.97 Å². The normalized spacial score (nSPS) is 26.8. The van der Waals surface area contributed by atoms with E-state index in [2.05, 4.69) is 59.8 Å². The Balaban J connectivity index is 1.30. The molecule has 0 radical (unpaired) electrons. The van der Waals surface area contributed by atoms with Crippen LogP contribution in [0.15, 0.2) is 12.4 Å². The average molecular weight is 401 g/mol. The first-order chi connectivity index (χ1) is 14.0. The second-order valence-corrected chi connectivity index (χ2v) is 9.72. The van der Waals surface area contributed by atoms with Crippen LogP contribution in [0.5, 0.6) is 0 Å². The van der Waals surface area contributed by atoms with Crippen LogP contribution < -0.4 is 4.90 Å². The van der Waals surface area contributed by atoms with Gasteiger partial charge < -0.3 is 9.80 Å². The monoisotopic (exact) mass is 400 g/mol. The van der Waals surface area contributed by atoms with Crippen molar-refractivity contribution in [2.75, 3.05) is 44.7 Å². The third kappa shape index (κ3) is 4.75. The van der Waals surface area contributed by atoms with Gasteiger partial charge in [0.1, 0.15) is 0 Å². The van der Waals surface area contributed by atoms with Gasteiger partial charge in [-0.05, 0) is 72.6 Å². The lowest BCUT2D eigenvalue weighted by atomic mass is 10.0. The Kier molecular flexibility index (Phi) is 6.72. The molecular weight excluding hydrogens is 360 g/mol. The summed E-state index contributed by atoms with van der Waals surface area (Å²) in [5, 5.41) is 0. The topological polar surface area (TPSA) is 38.7 Å². The van der Waals surface area contributed by atoms with Gasteiger partial charge in [-0.2, -0.15) is 0 Å². The van der Waals surface area contributed by atoms with Crippen molar-refractivity contribution in [3.8, 4) is 0 Å². The lowest BCUT2D eigenvalue weighted by Crippen LogP contribution is -2.56. The van der Waals surface area contributed by atoms with Gasteiger partial charge >= 0.3 is 0 Å². The molecule has 0 amide bonds. The zero-order chi connectivity index (χ0) is 20.4. The summed E-state index contributed by atoms with van der Waals surface area (Å²) < 4.78 is 0. The van der Waals surface area contributed by atoms with Crippen molar-refractivity contribution in [2.45, 2.75) is 83.6 Å². The number of hydrogen-bond acceptors (Lipinski definition) is 6. The van der Waals surface area contributed by atoms with Gasteiger partial charge in [0.05, 0.1) is 0 Å². The maximum absolute atomic E-state index is 4.81. The van der Waals surface area contributed by atoms with Crippen molar-refractivity contribution in [3.63, 3.8) is 0 Å². The van der Waals surface area contributed by atoms with Crippen molar-refractivity contribution in [1.29, 1.82) is 0 Å². The van der Waals surface area contributed by atoms with E-state index >= 15 is 0 Å². The van der Waals surface area contributed by atoms with E-state index in [0.717, 1.165) is 31.6 Å². The van der Waals surface area contributed by atoms with Gasteiger partial charge in [-0.25, -0.2) is 9.97 Å². The number of nitrogens with zero attached hydrogens (tertiary/aromatic N) is 6. The van der Waals surface area contributed by atoms with E-state index in [1.807, 2.05) is 0 Å². The fraction of sp³-hybridized carbons (Fsp3) is 0.826. The van der Waals surface area contributed by atoms with Gasteiger partial charge in [0.15, 0.2) is 0 Å². The predicted molar refractivity (Wildman–Crippen MR) is 119 cm³/mol. The van der Waals surface area contributed by atoms with Crippen molar-refractivity contribution in [3.05, 3.63) is 18.0 Å². The molecule has 29 heavy (non-hydrogen) atoms. The van der Waals surface area contributed by atoms with Crippen LogP contribution in [0.4, 0.5) is 5.95 Å².